The van der Waals surface area contributed by atoms with Crippen molar-refractivity contribution >= 4 is 16.8 Å². The van der Waals surface area contributed by atoms with Crippen LogP contribution in [0.3, 0.4) is 0 Å². The van der Waals surface area contributed by atoms with Crippen LogP contribution in [-0.4, -0.2) is 17.3 Å². The molecule has 0 radical (unpaired) electrons. The van der Waals surface area contributed by atoms with Crippen LogP contribution in [0, 0.1) is 11.3 Å². The summed E-state index contributed by atoms with van der Waals surface area (Å²) in [6.07, 6.45) is 5.47. The Hall–Kier alpha value is -1.53. The fraction of sp³-hybridized carbons (Fsp3) is 0.333. The molecule has 0 bridgehead atoms. The predicted molar refractivity (Wildman–Crippen MR) is 78.1 cm³/mol. The first-order valence-electron chi connectivity index (χ1n) is 6.19. The van der Waals surface area contributed by atoms with Crippen LogP contribution >= 0.6 is 11.8 Å². The number of aliphatic imine (C=N–C) groups is 1. The highest BCUT2D eigenvalue weighted by molar-refractivity contribution is 8.14. The average Bonchev–Trinajstić information content (AvgIpc) is 2.46. The first-order chi connectivity index (χ1) is 8.83. The monoisotopic (exact) mass is 256 g/mol. The number of thioether (sulfide) groups is 1. The van der Waals surface area contributed by atoms with Crippen LogP contribution in [-0.2, 0) is 0 Å². The summed E-state index contributed by atoms with van der Waals surface area (Å²) in [5.74, 6) is 1.43. The van der Waals surface area contributed by atoms with Crippen LogP contribution in [0.15, 0.2) is 41.4 Å². The molecule has 1 aliphatic heterocycles. The highest BCUT2D eigenvalue weighted by atomic mass is 32.2. The molecule has 1 aromatic rings. The first-order valence-corrected chi connectivity index (χ1v) is 7.17. The van der Waals surface area contributed by atoms with E-state index < -0.39 is 0 Å². The molecule has 18 heavy (non-hydrogen) atoms. The van der Waals surface area contributed by atoms with Gasteiger partial charge in [0, 0.05) is 5.92 Å². The van der Waals surface area contributed by atoms with E-state index in [0.29, 0.717) is 5.92 Å². The number of benzene rings is 1. The second-order valence-corrected chi connectivity index (χ2v) is 5.35. The molecule has 0 aromatic heterocycles. The van der Waals surface area contributed by atoms with E-state index >= 15 is 0 Å². The van der Waals surface area contributed by atoms with E-state index in [9.17, 15) is 0 Å². The Morgan fingerprint density at radius 3 is 3.06 bits per heavy atom. The largest absolute Gasteiger partial charge is 0.277 e. The molecule has 3 heteroatoms. The summed E-state index contributed by atoms with van der Waals surface area (Å²) in [7, 11) is 0. The fourth-order valence-corrected chi connectivity index (χ4v) is 2.61. The van der Waals surface area contributed by atoms with Gasteiger partial charge in [0.2, 0.25) is 0 Å². The molecule has 0 aliphatic carbocycles. The molecule has 0 saturated heterocycles. The number of nitriles is 1. The number of dihydropyridines is 1. The van der Waals surface area contributed by atoms with Gasteiger partial charge >= 0.3 is 0 Å². The lowest BCUT2D eigenvalue weighted by molar-refractivity contribution is 0.844. The van der Waals surface area contributed by atoms with E-state index in [1.807, 2.05) is 30.0 Å². The van der Waals surface area contributed by atoms with Crippen LogP contribution in [0.5, 0.6) is 0 Å². The maximum absolute atomic E-state index is 8.90. The van der Waals surface area contributed by atoms with Crippen molar-refractivity contribution in [2.45, 2.75) is 19.3 Å². The van der Waals surface area contributed by atoms with Crippen molar-refractivity contribution in [3.05, 3.63) is 47.5 Å². The lowest BCUT2D eigenvalue weighted by Gasteiger charge is -2.15. The van der Waals surface area contributed by atoms with Crippen molar-refractivity contribution in [1.82, 2.24) is 0 Å². The molecule has 1 atom stereocenters. The minimum absolute atomic E-state index is 0.310. The summed E-state index contributed by atoms with van der Waals surface area (Å²) < 4.78 is 0. The Morgan fingerprint density at radius 1 is 1.50 bits per heavy atom. The van der Waals surface area contributed by atoms with Gasteiger partial charge in [-0.3, -0.25) is 4.99 Å². The molecule has 92 valence electrons. The van der Waals surface area contributed by atoms with Gasteiger partial charge < -0.3 is 0 Å². The molecule has 1 aromatic carbocycles. The number of hydrogen-bond donors (Lipinski definition) is 0. The van der Waals surface area contributed by atoms with Crippen molar-refractivity contribution in [3.63, 3.8) is 0 Å². The first kappa shape index (κ1) is 12.9. The minimum Gasteiger partial charge on any atom is -0.277 e. The standard InChI is InChI=1S/C15H16N2S/c1-2-8-18-15-7-6-14(11-17-15)13-5-3-4-12(9-13)10-16/h3-7,9,14H,2,8,11H2,1H3. The molecule has 0 amide bonds. The molecule has 0 fully saturated rings. The Bertz CT molecular complexity index is 511. The molecule has 0 N–H and O–H groups in total. The summed E-state index contributed by atoms with van der Waals surface area (Å²) in [5, 5.41) is 10.0. The number of nitrogens with zero attached hydrogens (tertiary/aromatic N) is 2. The van der Waals surface area contributed by atoms with E-state index in [-0.39, 0.29) is 0 Å². The quantitative estimate of drug-likeness (QED) is 0.825. The van der Waals surface area contributed by atoms with Crippen LogP contribution in [0.4, 0.5) is 0 Å². The SMILES string of the molecule is CCCSC1=NCC(c2cccc(C#N)c2)C=C1. The highest BCUT2D eigenvalue weighted by Crippen LogP contribution is 2.23. The summed E-state index contributed by atoms with van der Waals surface area (Å²) in [4.78, 5) is 4.59. The second kappa shape index (κ2) is 6.42. The lowest BCUT2D eigenvalue weighted by atomic mass is 9.96. The Balaban J connectivity index is 2.04. The molecule has 2 rings (SSSR count). The van der Waals surface area contributed by atoms with Crippen LogP contribution in [0.1, 0.15) is 30.4 Å². The maximum Gasteiger partial charge on any atom is 0.0991 e. The summed E-state index contributed by atoms with van der Waals surface area (Å²) in [5.41, 5.74) is 1.89. The molecule has 0 spiro atoms. The van der Waals surface area contributed by atoms with Gasteiger partial charge in [-0.15, -0.1) is 11.8 Å². The van der Waals surface area contributed by atoms with E-state index in [4.69, 9.17) is 5.26 Å². The van der Waals surface area contributed by atoms with Gasteiger partial charge in [0.25, 0.3) is 0 Å². The van der Waals surface area contributed by atoms with Crippen LogP contribution in [0.25, 0.3) is 0 Å². The van der Waals surface area contributed by atoms with Crippen molar-refractivity contribution in [2.75, 3.05) is 12.3 Å². The summed E-state index contributed by atoms with van der Waals surface area (Å²) in [6.45, 7) is 2.97. The topological polar surface area (TPSA) is 36.1 Å². The Kier molecular flexibility index (Phi) is 4.60. The molecule has 1 unspecified atom stereocenters. The summed E-state index contributed by atoms with van der Waals surface area (Å²) >= 11 is 1.81. The normalized spacial score (nSPS) is 18.2. The predicted octanol–water partition coefficient (Wildman–Crippen LogP) is 3.75. The molecule has 1 aliphatic rings. The van der Waals surface area contributed by atoms with Crippen molar-refractivity contribution < 1.29 is 0 Å². The van der Waals surface area contributed by atoms with Gasteiger partial charge in [-0.05, 0) is 35.9 Å². The van der Waals surface area contributed by atoms with E-state index in [0.717, 1.165) is 22.9 Å². The maximum atomic E-state index is 8.90. The van der Waals surface area contributed by atoms with Gasteiger partial charge in [0.05, 0.1) is 23.2 Å². The fourth-order valence-electron chi connectivity index (χ4n) is 1.86. The zero-order chi connectivity index (χ0) is 12.8. The highest BCUT2D eigenvalue weighted by Gasteiger charge is 2.12. The molecule has 1 heterocycles. The van der Waals surface area contributed by atoms with E-state index in [2.05, 4.69) is 36.2 Å². The second-order valence-electron chi connectivity index (χ2n) is 4.23. The molecular formula is C15H16N2S. The van der Waals surface area contributed by atoms with Crippen LogP contribution < -0.4 is 0 Å². The van der Waals surface area contributed by atoms with Gasteiger partial charge in [0.15, 0.2) is 0 Å². The van der Waals surface area contributed by atoms with Crippen molar-refractivity contribution in [3.8, 4) is 6.07 Å². The van der Waals surface area contributed by atoms with E-state index in [1.54, 1.807) is 0 Å². The smallest absolute Gasteiger partial charge is 0.0991 e. The van der Waals surface area contributed by atoms with Crippen LogP contribution in [0.2, 0.25) is 0 Å². The van der Waals surface area contributed by atoms with Gasteiger partial charge in [0.1, 0.15) is 0 Å². The van der Waals surface area contributed by atoms with Gasteiger partial charge in [-0.1, -0.05) is 25.1 Å². The third kappa shape index (κ3) is 3.24. The Labute approximate surface area is 112 Å². The zero-order valence-corrected chi connectivity index (χ0v) is 11.3. The molecular weight excluding hydrogens is 240 g/mol. The number of hydrogen-bond acceptors (Lipinski definition) is 3. The molecule has 0 saturated carbocycles. The van der Waals surface area contributed by atoms with Crippen molar-refractivity contribution in [1.29, 1.82) is 5.26 Å². The van der Waals surface area contributed by atoms with Gasteiger partial charge in [-0.2, -0.15) is 5.26 Å². The van der Waals surface area contributed by atoms with E-state index in [1.165, 1.54) is 12.0 Å². The zero-order valence-electron chi connectivity index (χ0n) is 10.5. The average molecular weight is 256 g/mol. The third-order valence-corrected chi connectivity index (χ3v) is 3.99. The minimum atomic E-state index is 0.310. The lowest BCUT2D eigenvalue weighted by Crippen LogP contribution is -2.07. The summed E-state index contributed by atoms with van der Waals surface area (Å²) in [6, 6.07) is 9.97. The number of rotatable bonds is 3. The van der Waals surface area contributed by atoms with Crippen molar-refractivity contribution in [2.24, 2.45) is 4.99 Å². The Morgan fingerprint density at radius 2 is 2.39 bits per heavy atom. The third-order valence-electron chi connectivity index (χ3n) is 2.81. The molecule has 2 nitrogen and oxygen atoms in total. The van der Waals surface area contributed by atoms with Gasteiger partial charge in [-0.25, -0.2) is 0 Å².